The van der Waals surface area contributed by atoms with E-state index in [1.165, 1.54) is 0 Å². The van der Waals surface area contributed by atoms with E-state index in [9.17, 15) is 4.91 Å². The Morgan fingerprint density at radius 1 is 0.867 bits per heavy atom. The fourth-order valence-electron chi connectivity index (χ4n) is 1.66. The second-order valence-corrected chi connectivity index (χ2v) is 3.42. The van der Waals surface area contributed by atoms with E-state index in [4.69, 9.17) is 0 Å². The van der Waals surface area contributed by atoms with Crippen molar-refractivity contribution in [3.8, 4) is 11.1 Å². The summed E-state index contributed by atoms with van der Waals surface area (Å²) in [6.45, 7) is 2.02. The maximum atomic E-state index is 10.7. The first-order valence-electron chi connectivity index (χ1n) is 4.81. The second kappa shape index (κ2) is 4.05. The van der Waals surface area contributed by atoms with E-state index in [1.54, 1.807) is 6.07 Å². The van der Waals surface area contributed by atoms with Crippen molar-refractivity contribution in [2.45, 2.75) is 6.92 Å². The van der Waals surface area contributed by atoms with Crippen LogP contribution in [0.3, 0.4) is 0 Å². The predicted octanol–water partition coefficient (Wildman–Crippen LogP) is 4.06. The molecule has 2 rings (SSSR count). The Bertz CT molecular complexity index is 491. The van der Waals surface area contributed by atoms with Gasteiger partial charge in [0, 0.05) is 5.56 Å². The summed E-state index contributed by atoms with van der Waals surface area (Å²) in [4.78, 5) is 10.7. The van der Waals surface area contributed by atoms with Crippen LogP contribution in [0.15, 0.2) is 53.7 Å². The number of benzene rings is 2. The second-order valence-electron chi connectivity index (χ2n) is 3.42. The van der Waals surface area contributed by atoms with Crippen LogP contribution in [-0.2, 0) is 0 Å². The number of hydrogen-bond acceptors (Lipinski definition) is 2. The number of aryl methyl sites for hydroxylation is 1. The molecule has 0 radical (unpaired) electrons. The van der Waals surface area contributed by atoms with Gasteiger partial charge in [-0.15, -0.1) is 4.91 Å². The molecule has 2 aromatic carbocycles. The molecular formula is C13H11NO. The summed E-state index contributed by atoms with van der Waals surface area (Å²) in [5.41, 5.74) is 3.60. The average molecular weight is 197 g/mol. The SMILES string of the molecule is Cc1ccccc1-c1ccccc1N=O. The Labute approximate surface area is 88.5 Å². The van der Waals surface area contributed by atoms with Gasteiger partial charge in [-0.2, -0.15) is 0 Å². The van der Waals surface area contributed by atoms with Crippen LogP contribution in [0.5, 0.6) is 0 Å². The summed E-state index contributed by atoms with van der Waals surface area (Å²) >= 11 is 0. The molecule has 2 nitrogen and oxygen atoms in total. The van der Waals surface area contributed by atoms with Crippen LogP contribution in [0.1, 0.15) is 5.56 Å². The molecule has 0 heterocycles. The van der Waals surface area contributed by atoms with Crippen LogP contribution in [-0.4, -0.2) is 0 Å². The molecule has 0 unspecified atom stereocenters. The molecule has 0 saturated carbocycles. The lowest BCUT2D eigenvalue weighted by Gasteiger charge is -2.06. The molecule has 0 atom stereocenters. The molecule has 0 aromatic heterocycles. The minimum Gasteiger partial charge on any atom is -0.145 e. The summed E-state index contributed by atoms with van der Waals surface area (Å²) in [5.74, 6) is 0. The highest BCUT2D eigenvalue weighted by molar-refractivity contribution is 5.77. The predicted molar refractivity (Wildman–Crippen MR) is 62.1 cm³/mol. The molecule has 74 valence electrons. The standard InChI is InChI=1S/C13H11NO/c1-10-6-2-3-7-11(10)12-8-4-5-9-13(12)14-15/h2-9H,1H3. The molecule has 0 bridgehead atoms. The van der Waals surface area contributed by atoms with Crippen molar-refractivity contribution in [1.82, 2.24) is 0 Å². The molecular weight excluding hydrogens is 186 g/mol. The van der Waals surface area contributed by atoms with Crippen LogP contribution in [0.25, 0.3) is 11.1 Å². The zero-order valence-electron chi connectivity index (χ0n) is 8.47. The minimum atomic E-state index is 0.492. The fourth-order valence-corrected chi connectivity index (χ4v) is 1.66. The lowest BCUT2D eigenvalue weighted by Crippen LogP contribution is -1.82. The normalized spacial score (nSPS) is 9.93. The minimum absolute atomic E-state index is 0.492. The zero-order valence-corrected chi connectivity index (χ0v) is 8.47. The van der Waals surface area contributed by atoms with E-state index in [-0.39, 0.29) is 0 Å². The van der Waals surface area contributed by atoms with E-state index in [0.717, 1.165) is 16.7 Å². The summed E-state index contributed by atoms with van der Waals surface area (Å²) in [6.07, 6.45) is 0. The Morgan fingerprint density at radius 2 is 1.47 bits per heavy atom. The molecule has 2 aromatic rings. The van der Waals surface area contributed by atoms with Crippen molar-refractivity contribution in [1.29, 1.82) is 0 Å². The van der Waals surface area contributed by atoms with Crippen molar-refractivity contribution in [3.63, 3.8) is 0 Å². The quantitative estimate of drug-likeness (QED) is 0.667. The number of rotatable bonds is 2. The highest BCUT2D eigenvalue weighted by Crippen LogP contribution is 2.31. The Balaban J connectivity index is 2.64. The topological polar surface area (TPSA) is 29.4 Å². The first-order chi connectivity index (χ1) is 7.33. The number of nitrogens with zero attached hydrogens (tertiary/aromatic N) is 1. The van der Waals surface area contributed by atoms with Gasteiger partial charge in [0.05, 0.1) is 0 Å². The van der Waals surface area contributed by atoms with Gasteiger partial charge in [0.25, 0.3) is 0 Å². The maximum Gasteiger partial charge on any atom is 0.115 e. The van der Waals surface area contributed by atoms with E-state index < -0.39 is 0 Å². The van der Waals surface area contributed by atoms with Gasteiger partial charge in [-0.25, -0.2) is 0 Å². The van der Waals surface area contributed by atoms with E-state index in [2.05, 4.69) is 5.18 Å². The Hall–Kier alpha value is -1.96. The summed E-state index contributed by atoms with van der Waals surface area (Å²) in [6, 6.07) is 15.3. The summed E-state index contributed by atoms with van der Waals surface area (Å²) < 4.78 is 0. The Morgan fingerprint density at radius 3 is 2.13 bits per heavy atom. The largest absolute Gasteiger partial charge is 0.145 e. The highest BCUT2D eigenvalue weighted by atomic mass is 16.3. The van der Waals surface area contributed by atoms with Gasteiger partial charge in [-0.05, 0) is 29.3 Å². The zero-order chi connectivity index (χ0) is 10.7. The molecule has 2 heteroatoms. The highest BCUT2D eigenvalue weighted by Gasteiger charge is 2.06. The first-order valence-corrected chi connectivity index (χ1v) is 4.81. The van der Waals surface area contributed by atoms with Crippen molar-refractivity contribution < 1.29 is 0 Å². The third-order valence-electron chi connectivity index (χ3n) is 2.44. The fraction of sp³-hybridized carbons (Fsp3) is 0.0769. The van der Waals surface area contributed by atoms with Crippen LogP contribution in [0.2, 0.25) is 0 Å². The van der Waals surface area contributed by atoms with Gasteiger partial charge in [0.15, 0.2) is 0 Å². The third kappa shape index (κ3) is 1.79. The monoisotopic (exact) mass is 197 g/mol. The molecule has 0 amide bonds. The summed E-state index contributed by atoms with van der Waals surface area (Å²) in [5, 5.41) is 3.04. The van der Waals surface area contributed by atoms with Crippen LogP contribution in [0.4, 0.5) is 5.69 Å². The van der Waals surface area contributed by atoms with Crippen molar-refractivity contribution in [3.05, 3.63) is 59.0 Å². The van der Waals surface area contributed by atoms with E-state index in [1.807, 2.05) is 49.4 Å². The van der Waals surface area contributed by atoms with Crippen LogP contribution < -0.4 is 0 Å². The van der Waals surface area contributed by atoms with E-state index >= 15 is 0 Å². The van der Waals surface area contributed by atoms with Gasteiger partial charge in [-0.3, -0.25) is 0 Å². The van der Waals surface area contributed by atoms with Crippen molar-refractivity contribution >= 4 is 5.69 Å². The smallest absolute Gasteiger partial charge is 0.115 e. The Kier molecular flexibility index (Phi) is 2.59. The summed E-state index contributed by atoms with van der Waals surface area (Å²) in [7, 11) is 0. The van der Waals surface area contributed by atoms with Crippen LogP contribution in [0, 0.1) is 11.8 Å². The van der Waals surface area contributed by atoms with Gasteiger partial charge >= 0.3 is 0 Å². The molecule has 0 saturated heterocycles. The molecule has 15 heavy (non-hydrogen) atoms. The number of nitroso groups, excluding NO2 is 1. The first kappa shape index (κ1) is 9.59. The lowest BCUT2D eigenvalue weighted by atomic mass is 9.99. The van der Waals surface area contributed by atoms with Crippen LogP contribution >= 0.6 is 0 Å². The van der Waals surface area contributed by atoms with Gasteiger partial charge < -0.3 is 0 Å². The average Bonchev–Trinajstić information content (AvgIpc) is 2.30. The van der Waals surface area contributed by atoms with E-state index in [0.29, 0.717) is 5.69 Å². The third-order valence-corrected chi connectivity index (χ3v) is 2.44. The molecule has 0 spiro atoms. The van der Waals surface area contributed by atoms with Crippen molar-refractivity contribution in [2.24, 2.45) is 5.18 Å². The lowest BCUT2D eigenvalue weighted by molar-refractivity contribution is 1.43. The molecule has 0 aliphatic carbocycles. The van der Waals surface area contributed by atoms with Gasteiger partial charge in [0.1, 0.15) is 5.69 Å². The maximum absolute atomic E-state index is 10.7. The number of hydrogen-bond donors (Lipinski definition) is 0. The van der Waals surface area contributed by atoms with Gasteiger partial charge in [0.2, 0.25) is 0 Å². The molecule has 0 N–H and O–H groups in total. The molecule has 0 fully saturated rings. The van der Waals surface area contributed by atoms with Gasteiger partial charge in [-0.1, -0.05) is 42.5 Å². The molecule has 0 aliphatic rings. The van der Waals surface area contributed by atoms with Crippen molar-refractivity contribution in [2.75, 3.05) is 0 Å². The molecule has 0 aliphatic heterocycles.